The highest BCUT2D eigenvalue weighted by Crippen LogP contribution is 2.34. The molecule has 1 aliphatic heterocycles. The van der Waals surface area contributed by atoms with Crippen LogP contribution in [-0.2, 0) is 4.74 Å². The summed E-state index contributed by atoms with van der Waals surface area (Å²) in [5.41, 5.74) is 0.442. The van der Waals surface area contributed by atoms with Crippen LogP contribution in [0, 0.1) is 5.92 Å². The van der Waals surface area contributed by atoms with Crippen molar-refractivity contribution < 1.29 is 4.74 Å². The summed E-state index contributed by atoms with van der Waals surface area (Å²) in [6.07, 6.45) is 8.02. The van der Waals surface area contributed by atoms with Crippen molar-refractivity contribution >= 4 is 0 Å². The fraction of sp³-hybridized carbons (Fsp3) is 1.00. The van der Waals surface area contributed by atoms with Crippen molar-refractivity contribution in [1.29, 1.82) is 0 Å². The van der Waals surface area contributed by atoms with Crippen LogP contribution in [0.1, 0.15) is 52.4 Å². The minimum atomic E-state index is 0.442. The molecule has 1 saturated carbocycles. The van der Waals surface area contributed by atoms with Crippen molar-refractivity contribution in [3.8, 4) is 0 Å². The van der Waals surface area contributed by atoms with Gasteiger partial charge in [-0.1, -0.05) is 33.1 Å². The molecule has 2 rings (SSSR count). The summed E-state index contributed by atoms with van der Waals surface area (Å²) < 4.78 is 5.23. The minimum absolute atomic E-state index is 0.442. The van der Waals surface area contributed by atoms with Gasteiger partial charge in [-0.05, 0) is 25.2 Å². The first kappa shape index (κ1) is 15.3. The van der Waals surface area contributed by atoms with Crippen LogP contribution in [0.3, 0.4) is 0 Å². The summed E-state index contributed by atoms with van der Waals surface area (Å²) in [5, 5.41) is 3.91. The Bertz CT molecular complexity index is 263. The molecule has 0 amide bonds. The highest BCUT2D eigenvalue weighted by Gasteiger charge is 2.41. The lowest BCUT2D eigenvalue weighted by atomic mass is 9.87. The molecule has 3 heteroatoms. The van der Waals surface area contributed by atoms with E-state index in [1.165, 1.54) is 58.2 Å². The van der Waals surface area contributed by atoms with Crippen LogP contribution in [0.15, 0.2) is 0 Å². The number of nitrogens with one attached hydrogen (secondary N) is 1. The van der Waals surface area contributed by atoms with Gasteiger partial charge in [0.15, 0.2) is 0 Å². The lowest BCUT2D eigenvalue weighted by Gasteiger charge is -2.48. The SMILES string of the molecule is CCC(C)C1CNC2(CCCC2)CN1CCCOC. The van der Waals surface area contributed by atoms with Crippen LogP contribution in [0.2, 0.25) is 0 Å². The fourth-order valence-electron chi connectivity index (χ4n) is 3.89. The maximum atomic E-state index is 5.23. The lowest BCUT2D eigenvalue weighted by molar-refractivity contribution is 0.0446. The standard InChI is InChI=1S/C16H32N2O/c1-4-14(2)15-12-17-16(8-5-6-9-16)13-18(15)10-7-11-19-3/h14-15,17H,4-13H2,1-3H3. The van der Waals surface area contributed by atoms with Crippen molar-refractivity contribution in [2.24, 2.45) is 5.92 Å². The normalized spacial score (nSPS) is 28.9. The van der Waals surface area contributed by atoms with E-state index < -0.39 is 0 Å². The third-order valence-electron chi connectivity index (χ3n) is 5.32. The minimum Gasteiger partial charge on any atom is -0.385 e. The predicted molar refractivity (Wildman–Crippen MR) is 80.5 cm³/mol. The first-order valence-electron chi connectivity index (χ1n) is 8.19. The molecule has 3 nitrogen and oxygen atoms in total. The van der Waals surface area contributed by atoms with Gasteiger partial charge in [0.2, 0.25) is 0 Å². The van der Waals surface area contributed by atoms with E-state index in [4.69, 9.17) is 4.74 Å². The van der Waals surface area contributed by atoms with Gasteiger partial charge >= 0.3 is 0 Å². The zero-order chi connectivity index (χ0) is 13.7. The van der Waals surface area contributed by atoms with E-state index in [0.29, 0.717) is 11.6 Å². The second kappa shape index (κ2) is 7.05. The Labute approximate surface area is 119 Å². The van der Waals surface area contributed by atoms with Crippen molar-refractivity contribution in [1.82, 2.24) is 10.2 Å². The Morgan fingerprint density at radius 3 is 2.74 bits per heavy atom. The quantitative estimate of drug-likeness (QED) is 0.750. The Balaban J connectivity index is 1.96. The van der Waals surface area contributed by atoms with Gasteiger partial charge in [0.25, 0.3) is 0 Å². The highest BCUT2D eigenvalue weighted by molar-refractivity contribution is 5.01. The molecule has 0 aromatic rings. The van der Waals surface area contributed by atoms with E-state index >= 15 is 0 Å². The fourth-order valence-corrected chi connectivity index (χ4v) is 3.89. The van der Waals surface area contributed by atoms with Gasteiger partial charge in [0.05, 0.1) is 0 Å². The number of ether oxygens (including phenoxy) is 1. The summed E-state index contributed by atoms with van der Waals surface area (Å²) in [4.78, 5) is 2.76. The van der Waals surface area contributed by atoms with Crippen LogP contribution in [0.4, 0.5) is 0 Å². The zero-order valence-electron chi connectivity index (χ0n) is 13.1. The molecule has 0 aromatic carbocycles. The largest absolute Gasteiger partial charge is 0.385 e. The van der Waals surface area contributed by atoms with E-state index in [2.05, 4.69) is 24.1 Å². The average Bonchev–Trinajstić information content (AvgIpc) is 2.87. The van der Waals surface area contributed by atoms with E-state index in [-0.39, 0.29) is 0 Å². The van der Waals surface area contributed by atoms with Crippen molar-refractivity contribution in [3.05, 3.63) is 0 Å². The van der Waals surface area contributed by atoms with Crippen LogP contribution in [0.5, 0.6) is 0 Å². The Kier molecular flexibility index (Phi) is 5.67. The second-order valence-corrected chi connectivity index (χ2v) is 6.64. The van der Waals surface area contributed by atoms with Crippen LogP contribution >= 0.6 is 0 Å². The lowest BCUT2D eigenvalue weighted by Crippen LogP contribution is -2.64. The third-order valence-corrected chi connectivity index (χ3v) is 5.32. The number of nitrogens with zero attached hydrogens (tertiary/aromatic N) is 1. The molecule has 0 radical (unpaired) electrons. The summed E-state index contributed by atoms with van der Waals surface area (Å²) in [7, 11) is 1.81. The molecule has 1 saturated heterocycles. The topological polar surface area (TPSA) is 24.5 Å². The summed E-state index contributed by atoms with van der Waals surface area (Å²) in [5.74, 6) is 0.786. The number of hydrogen-bond acceptors (Lipinski definition) is 3. The molecule has 1 aliphatic carbocycles. The molecule has 0 bridgehead atoms. The maximum absolute atomic E-state index is 5.23. The molecule has 2 unspecified atom stereocenters. The number of hydrogen-bond donors (Lipinski definition) is 1. The van der Waals surface area contributed by atoms with Gasteiger partial charge in [-0.15, -0.1) is 0 Å². The van der Waals surface area contributed by atoms with Crippen molar-refractivity contribution in [2.75, 3.05) is 33.4 Å². The van der Waals surface area contributed by atoms with E-state index in [1.807, 2.05) is 7.11 Å². The van der Waals surface area contributed by atoms with Crippen LogP contribution in [-0.4, -0.2) is 49.8 Å². The Morgan fingerprint density at radius 1 is 1.37 bits per heavy atom. The van der Waals surface area contributed by atoms with Gasteiger partial charge in [0, 0.05) is 44.9 Å². The molecular weight excluding hydrogens is 236 g/mol. The number of rotatable bonds is 6. The number of methoxy groups -OCH3 is 1. The molecule has 0 aromatic heterocycles. The Morgan fingerprint density at radius 2 is 2.11 bits per heavy atom. The number of piperazine rings is 1. The Hall–Kier alpha value is -0.120. The van der Waals surface area contributed by atoms with E-state index in [0.717, 1.165) is 12.5 Å². The van der Waals surface area contributed by atoms with Crippen LogP contribution in [0.25, 0.3) is 0 Å². The highest BCUT2D eigenvalue weighted by atomic mass is 16.5. The van der Waals surface area contributed by atoms with Gasteiger partial charge in [-0.25, -0.2) is 0 Å². The van der Waals surface area contributed by atoms with Crippen molar-refractivity contribution in [2.45, 2.75) is 64.0 Å². The van der Waals surface area contributed by atoms with E-state index in [1.54, 1.807) is 0 Å². The molecule has 112 valence electrons. The van der Waals surface area contributed by atoms with Gasteiger partial charge in [-0.2, -0.15) is 0 Å². The summed E-state index contributed by atoms with van der Waals surface area (Å²) >= 11 is 0. The first-order valence-corrected chi connectivity index (χ1v) is 8.19. The summed E-state index contributed by atoms with van der Waals surface area (Å²) in [6, 6.07) is 0.716. The first-order chi connectivity index (χ1) is 9.21. The van der Waals surface area contributed by atoms with Gasteiger partial charge < -0.3 is 10.1 Å². The zero-order valence-corrected chi connectivity index (χ0v) is 13.1. The van der Waals surface area contributed by atoms with Gasteiger partial charge in [0.1, 0.15) is 0 Å². The maximum Gasteiger partial charge on any atom is 0.0474 e. The average molecular weight is 268 g/mol. The molecule has 2 fully saturated rings. The van der Waals surface area contributed by atoms with Crippen LogP contribution < -0.4 is 5.32 Å². The summed E-state index contributed by atoms with van der Waals surface area (Å²) in [6.45, 7) is 9.25. The smallest absolute Gasteiger partial charge is 0.0474 e. The second-order valence-electron chi connectivity index (χ2n) is 6.64. The van der Waals surface area contributed by atoms with Crippen molar-refractivity contribution in [3.63, 3.8) is 0 Å². The van der Waals surface area contributed by atoms with Gasteiger partial charge in [-0.3, -0.25) is 4.90 Å². The molecule has 1 spiro atoms. The molecule has 1 N–H and O–H groups in total. The monoisotopic (exact) mass is 268 g/mol. The molecule has 2 aliphatic rings. The molecule has 2 atom stereocenters. The predicted octanol–water partition coefficient (Wildman–Crippen LogP) is 2.66. The molecular formula is C16H32N2O. The third kappa shape index (κ3) is 3.71. The molecule has 19 heavy (non-hydrogen) atoms. The van der Waals surface area contributed by atoms with E-state index in [9.17, 15) is 0 Å². The molecule has 1 heterocycles.